The smallest absolute Gasteiger partial charge is 0.335 e. The van der Waals surface area contributed by atoms with Crippen molar-refractivity contribution in [2.24, 2.45) is 10.2 Å². The highest BCUT2D eigenvalue weighted by Crippen LogP contribution is 2.53. The van der Waals surface area contributed by atoms with Crippen LogP contribution in [0.4, 0.5) is 0 Å². The Bertz CT molecular complexity index is 376. The van der Waals surface area contributed by atoms with E-state index in [2.05, 4.69) is 15.0 Å². The third kappa shape index (κ3) is 2.16. The van der Waals surface area contributed by atoms with Gasteiger partial charge in [-0.05, 0) is 19.3 Å². The van der Waals surface area contributed by atoms with Gasteiger partial charge in [-0.25, -0.2) is 4.79 Å². The molecule has 1 aliphatic heterocycles. The number of nitrogens with zero attached hydrogens (tertiary/aromatic N) is 2. The van der Waals surface area contributed by atoms with Gasteiger partial charge in [-0.3, -0.25) is 4.79 Å². The van der Waals surface area contributed by atoms with Crippen molar-refractivity contribution in [3.63, 3.8) is 0 Å². The Morgan fingerprint density at radius 3 is 2.35 bits per heavy atom. The Morgan fingerprint density at radius 2 is 1.88 bits per heavy atom. The van der Waals surface area contributed by atoms with Gasteiger partial charge in [0, 0.05) is 12.8 Å². The van der Waals surface area contributed by atoms with Crippen molar-refractivity contribution in [2.45, 2.75) is 43.2 Å². The predicted octanol–water partition coefficient (Wildman–Crippen LogP) is 1.24. The summed E-state index contributed by atoms with van der Waals surface area (Å²) in [5, 5.41) is 8.28. The van der Waals surface area contributed by atoms with Gasteiger partial charge in [0.2, 0.25) is 0 Å². The highest BCUT2D eigenvalue weighted by molar-refractivity contribution is 5.82. The fraction of sp³-hybridized carbons (Fsp3) is 0.818. The molecule has 0 saturated heterocycles. The van der Waals surface area contributed by atoms with Crippen molar-refractivity contribution in [2.75, 3.05) is 14.2 Å². The maximum absolute atomic E-state index is 11.8. The molecule has 94 valence electrons. The lowest BCUT2D eigenvalue weighted by Crippen LogP contribution is -2.38. The van der Waals surface area contributed by atoms with E-state index in [9.17, 15) is 9.59 Å². The van der Waals surface area contributed by atoms with Gasteiger partial charge >= 0.3 is 11.9 Å². The zero-order chi connectivity index (χ0) is 12.5. The molecule has 1 unspecified atom stereocenters. The number of hydrogen-bond donors (Lipinski definition) is 0. The molecule has 6 nitrogen and oxygen atoms in total. The quantitative estimate of drug-likeness (QED) is 0.692. The molecule has 0 aromatic heterocycles. The van der Waals surface area contributed by atoms with E-state index in [1.807, 2.05) is 0 Å². The second-order valence-electron chi connectivity index (χ2n) is 4.70. The van der Waals surface area contributed by atoms with Crippen LogP contribution in [0, 0.1) is 0 Å². The third-order valence-electron chi connectivity index (χ3n) is 3.44. The molecular weight excluding hydrogens is 224 g/mol. The molecule has 0 amide bonds. The summed E-state index contributed by atoms with van der Waals surface area (Å²) in [5.41, 5.74) is -1.12. The normalized spacial score (nSPS) is 28.1. The third-order valence-corrected chi connectivity index (χ3v) is 3.44. The molecule has 17 heavy (non-hydrogen) atoms. The zero-order valence-corrected chi connectivity index (χ0v) is 10.1. The molecule has 1 fully saturated rings. The molecule has 0 aromatic rings. The molecule has 1 atom stereocenters. The van der Waals surface area contributed by atoms with Crippen LogP contribution in [0.15, 0.2) is 10.2 Å². The summed E-state index contributed by atoms with van der Waals surface area (Å²) in [5.74, 6) is -0.755. The first-order valence-corrected chi connectivity index (χ1v) is 5.65. The van der Waals surface area contributed by atoms with Gasteiger partial charge in [-0.1, -0.05) is 0 Å². The Balaban J connectivity index is 2.07. The van der Waals surface area contributed by atoms with E-state index in [0.717, 1.165) is 12.8 Å². The summed E-state index contributed by atoms with van der Waals surface area (Å²) in [4.78, 5) is 23.0. The summed E-state index contributed by atoms with van der Waals surface area (Å²) in [6.07, 6.45) is 2.95. The molecule has 1 aliphatic carbocycles. The average molecular weight is 240 g/mol. The second kappa shape index (κ2) is 4.09. The van der Waals surface area contributed by atoms with E-state index in [1.165, 1.54) is 14.2 Å². The van der Waals surface area contributed by atoms with E-state index in [0.29, 0.717) is 12.8 Å². The number of ether oxygens (including phenoxy) is 2. The summed E-state index contributed by atoms with van der Waals surface area (Å²) >= 11 is 0. The van der Waals surface area contributed by atoms with Crippen molar-refractivity contribution in [1.82, 2.24) is 0 Å². The molecule has 0 aromatic carbocycles. The number of azo groups is 1. The first-order valence-electron chi connectivity index (χ1n) is 5.65. The topological polar surface area (TPSA) is 77.3 Å². The molecule has 6 heteroatoms. The van der Waals surface area contributed by atoms with Crippen LogP contribution < -0.4 is 0 Å². The van der Waals surface area contributed by atoms with Gasteiger partial charge < -0.3 is 9.47 Å². The molecule has 0 bridgehead atoms. The average Bonchev–Trinajstić information content (AvgIpc) is 2.99. The number of carbonyl (C=O) groups is 2. The lowest BCUT2D eigenvalue weighted by molar-refractivity contribution is -0.148. The Labute approximate surface area is 99.4 Å². The van der Waals surface area contributed by atoms with Crippen LogP contribution in [0.25, 0.3) is 0 Å². The van der Waals surface area contributed by atoms with Crippen LogP contribution in [-0.2, 0) is 19.1 Å². The predicted molar refractivity (Wildman–Crippen MR) is 57.4 cm³/mol. The summed E-state index contributed by atoms with van der Waals surface area (Å²) < 4.78 is 9.35. The van der Waals surface area contributed by atoms with Crippen molar-refractivity contribution < 1.29 is 19.1 Å². The monoisotopic (exact) mass is 240 g/mol. The molecule has 1 heterocycles. The van der Waals surface area contributed by atoms with Gasteiger partial charge in [-0.15, -0.1) is 0 Å². The fourth-order valence-electron chi connectivity index (χ4n) is 2.19. The molecule has 2 aliphatic rings. The molecular formula is C11H16N2O4. The van der Waals surface area contributed by atoms with Crippen molar-refractivity contribution in [3.8, 4) is 0 Å². The van der Waals surface area contributed by atoms with Crippen LogP contribution in [0.5, 0.6) is 0 Å². The van der Waals surface area contributed by atoms with E-state index < -0.39 is 11.5 Å². The van der Waals surface area contributed by atoms with Crippen LogP contribution >= 0.6 is 0 Å². The lowest BCUT2D eigenvalue weighted by atomic mass is 9.87. The van der Waals surface area contributed by atoms with Crippen molar-refractivity contribution >= 4 is 11.9 Å². The van der Waals surface area contributed by atoms with E-state index >= 15 is 0 Å². The fourth-order valence-corrected chi connectivity index (χ4v) is 2.19. The van der Waals surface area contributed by atoms with Crippen LogP contribution in [0.1, 0.15) is 32.1 Å². The lowest BCUT2D eigenvalue weighted by Gasteiger charge is -2.21. The minimum atomic E-state index is -0.973. The molecule has 1 spiro atoms. The van der Waals surface area contributed by atoms with Crippen molar-refractivity contribution in [3.05, 3.63) is 0 Å². The highest BCUT2D eigenvalue weighted by atomic mass is 16.5. The Hall–Kier alpha value is -1.46. The molecule has 0 radical (unpaired) electrons. The van der Waals surface area contributed by atoms with Crippen molar-refractivity contribution in [1.29, 1.82) is 0 Å². The first kappa shape index (κ1) is 12.0. The Kier molecular flexibility index (Phi) is 2.89. The minimum Gasteiger partial charge on any atom is -0.469 e. The number of methoxy groups -OCH3 is 2. The van der Waals surface area contributed by atoms with Gasteiger partial charge in [-0.2, -0.15) is 10.2 Å². The largest absolute Gasteiger partial charge is 0.469 e. The molecule has 1 saturated carbocycles. The molecule has 2 rings (SSSR count). The first-order chi connectivity index (χ1) is 8.06. The van der Waals surface area contributed by atoms with E-state index in [1.54, 1.807) is 0 Å². The Morgan fingerprint density at radius 1 is 1.18 bits per heavy atom. The van der Waals surface area contributed by atoms with Gasteiger partial charge in [0.05, 0.1) is 19.8 Å². The number of hydrogen-bond acceptors (Lipinski definition) is 6. The van der Waals surface area contributed by atoms with Crippen LogP contribution in [-0.4, -0.2) is 37.2 Å². The number of esters is 2. The number of rotatable bonds is 4. The highest BCUT2D eigenvalue weighted by Gasteiger charge is 2.58. The summed E-state index contributed by atoms with van der Waals surface area (Å²) in [7, 11) is 2.65. The van der Waals surface area contributed by atoms with Gasteiger partial charge in [0.1, 0.15) is 0 Å². The van der Waals surface area contributed by atoms with Crippen LogP contribution in [0.2, 0.25) is 0 Å². The summed E-state index contributed by atoms with van der Waals surface area (Å²) in [6, 6.07) is 0. The molecule has 0 N–H and O–H groups in total. The maximum Gasteiger partial charge on any atom is 0.335 e. The van der Waals surface area contributed by atoms with E-state index in [-0.39, 0.29) is 17.9 Å². The van der Waals surface area contributed by atoms with E-state index in [4.69, 9.17) is 4.74 Å². The standard InChI is InChI=1S/C11H16N2O4/c1-16-8(14)3-4-11(9(15)17-2)7-10(5-6-10)12-13-11/h3-7H2,1-2H3. The van der Waals surface area contributed by atoms with Crippen LogP contribution in [0.3, 0.4) is 0 Å². The second-order valence-corrected chi connectivity index (χ2v) is 4.70. The van der Waals surface area contributed by atoms with Gasteiger partial charge in [0.15, 0.2) is 5.54 Å². The minimum absolute atomic E-state index is 0.149. The zero-order valence-electron chi connectivity index (χ0n) is 10.1. The SMILES string of the molecule is COC(=O)CCC1(C(=O)OC)CC2(CC2)N=N1. The van der Waals surface area contributed by atoms with Gasteiger partial charge in [0.25, 0.3) is 0 Å². The number of carbonyl (C=O) groups excluding carboxylic acids is 2. The summed E-state index contributed by atoms with van der Waals surface area (Å²) in [6.45, 7) is 0. The maximum atomic E-state index is 11.8.